The third-order valence-electron chi connectivity index (χ3n) is 4.83. The van der Waals surface area contributed by atoms with Gasteiger partial charge < -0.3 is 24.8 Å². The topological polar surface area (TPSA) is 64.1 Å². The molecule has 2 rings (SSSR count). The summed E-state index contributed by atoms with van der Waals surface area (Å²) in [6.45, 7) is 2.88. The van der Waals surface area contributed by atoms with Crippen LogP contribution < -0.4 is 24.8 Å². The van der Waals surface area contributed by atoms with Gasteiger partial charge in [-0.2, -0.15) is 0 Å². The molecule has 0 spiro atoms. The number of halogens is 1. The van der Waals surface area contributed by atoms with Crippen LogP contribution in [0, 0.1) is 5.92 Å². The van der Waals surface area contributed by atoms with E-state index in [-0.39, 0.29) is 24.0 Å². The molecule has 7 heteroatoms. The molecule has 0 aromatic heterocycles. The first-order valence-corrected chi connectivity index (χ1v) is 8.87. The van der Waals surface area contributed by atoms with Gasteiger partial charge in [-0.1, -0.05) is 6.92 Å². The van der Waals surface area contributed by atoms with Gasteiger partial charge in [0.05, 0.1) is 33.4 Å². The summed E-state index contributed by atoms with van der Waals surface area (Å²) in [6, 6.07) is 4.21. The average molecular weight is 477 g/mol. The fraction of sp³-hybridized carbons (Fsp3) is 0.632. The van der Waals surface area contributed by atoms with E-state index >= 15 is 0 Å². The van der Waals surface area contributed by atoms with Crippen molar-refractivity contribution in [3.8, 4) is 17.2 Å². The van der Waals surface area contributed by atoms with E-state index in [1.807, 2.05) is 12.1 Å². The van der Waals surface area contributed by atoms with E-state index in [4.69, 9.17) is 14.2 Å². The molecule has 26 heavy (non-hydrogen) atoms. The number of nitrogens with zero attached hydrogens (tertiary/aromatic N) is 1. The van der Waals surface area contributed by atoms with E-state index in [0.29, 0.717) is 18.3 Å². The lowest BCUT2D eigenvalue weighted by Gasteiger charge is -2.28. The van der Waals surface area contributed by atoms with Crippen LogP contribution in [0.4, 0.5) is 0 Å². The first-order chi connectivity index (χ1) is 12.1. The molecule has 0 bridgehead atoms. The molecule has 0 heterocycles. The zero-order chi connectivity index (χ0) is 18.2. The minimum atomic E-state index is 0. The minimum absolute atomic E-state index is 0. The van der Waals surface area contributed by atoms with E-state index in [1.165, 1.54) is 25.7 Å². The summed E-state index contributed by atoms with van der Waals surface area (Å²) in [5, 5.41) is 6.90. The van der Waals surface area contributed by atoms with Gasteiger partial charge in [-0.25, -0.2) is 0 Å². The molecule has 1 aromatic rings. The van der Waals surface area contributed by atoms with Crippen molar-refractivity contribution < 1.29 is 14.2 Å². The van der Waals surface area contributed by atoms with Gasteiger partial charge in [-0.15, -0.1) is 24.0 Å². The molecular weight excluding hydrogens is 445 g/mol. The number of guanidine groups is 1. The third-order valence-corrected chi connectivity index (χ3v) is 4.83. The van der Waals surface area contributed by atoms with E-state index in [1.54, 1.807) is 28.4 Å². The van der Waals surface area contributed by atoms with Gasteiger partial charge in [-0.05, 0) is 31.6 Å². The Kier molecular flexibility index (Phi) is 9.90. The van der Waals surface area contributed by atoms with E-state index in [2.05, 4.69) is 22.5 Å². The van der Waals surface area contributed by atoms with Crippen molar-refractivity contribution in [2.45, 2.75) is 45.2 Å². The summed E-state index contributed by atoms with van der Waals surface area (Å²) >= 11 is 0. The Morgan fingerprint density at radius 1 is 1.04 bits per heavy atom. The Balaban J connectivity index is 0.00000338. The lowest BCUT2D eigenvalue weighted by Crippen LogP contribution is -2.44. The van der Waals surface area contributed by atoms with Crippen LogP contribution in [0.2, 0.25) is 0 Å². The normalized spacial score (nSPS) is 20.0. The van der Waals surface area contributed by atoms with Gasteiger partial charge in [0.15, 0.2) is 5.96 Å². The molecule has 2 N–H and O–H groups in total. The SMILES string of the molecule is CN=C(NCc1c(OC)cc(OC)cc1OC)NC1CCC(C)CC1.I. The number of benzene rings is 1. The molecule has 0 unspecified atom stereocenters. The van der Waals surface area contributed by atoms with Crippen LogP contribution >= 0.6 is 24.0 Å². The van der Waals surface area contributed by atoms with Gasteiger partial charge in [0.1, 0.15) is 17.2 Å². The predicted molar refractivity (Wildman–Crippen MR) is 116 cm³/mol. The summed E-state index contributed by atoms with van der Waals surface area (Å²) in [5.41, 5.74) is 0.936. The highest BCUT2D eigenvalue weighted by atomic mass is 127. The van der Waals surface area contributed by atoms with E-state index < -0.39 is 0 Å². The molecule has 1 fully saturated rings. The molecule has 0 atom stereocenters. The number of aliphatic imine (C=N–C) groups is 1. The summed E-state index contributed by atoms with van der Waals surface area (Å²) in [5.74, 6) is 3.80. The van der Waals surface area contributed by atoms with Gasteiger partial charge in [0.2, 0.25) is 0 Å². The Bertz CT molecular complexity index is 562. The van der Waals surface area contributed by atoms with Crippen molar-refractivity contribution in [3.05, 3.63) is 17.7 Å². The fourth-order valence-electron chi connectivity index (χ4n) is 3.22. The second-order valence-corrected chi connectivity index (χ2v) is 6.54. The number of rotatable bonds is 6. The fourth-order valence-corrected chi connectivity index (χ4v) is 3.22. The van der Waals surface area contributed by atoms with Gasteiger partial charge >= 0.3 is 0 Å². The first-order valence-electron chi connectivity index (χ1n) is 8.87. The van der Waals surface area contributed by atoms with Crippen molar-refractivity contribution in [2.75, 3.05) is 28.4 Å². The molecule has 1 aliphatic rings. The molecule has 0 radical (unpaired) electrons. The van der Waals surface area contributed by atoms with Crippen molar-refractivity contribution in [1.82, 2.24) is 10.6 Å². The van der Waals surface area contributed by atoms with Crippen LogP contribution in [0.5, 0.6) is 17.2 Å². The lowest BCUT2D eigenvalue weighted by atomic mass is 9.87. The highest BCUT2D eigenvalue weighted by molar-refractivity contribution is 14.0. The number of ether oxygens (including phenoxy) is 3. The zero-order valence-corrected chi connectivity index (χ0v) is 18.8. The van der Waals surface area contributed by atoms with Crippen LogP contribution in [-0.2, 0) is 6.54 Å². The maximum absolute atomic E-state index is 5.50. The number of hydrogen-bond donors (Lipinski definition) is 2. The molecule has 1 aromatic carbocycles. The predicted octanol–water partition coefficient (Wildman–Crippen LogP) is 3.57. The van der Waals surface area contributed by atoms with Gasteiger partial charge in [0, 0.05) is 25.2 Å². The number of hydrogen-bond acceptors (Lipinski definition) is 4. The van der Waals surface area contributed by atoms with Crippen LogP contribution in [0.1, 0.15) is 38.2 Å². The second kappa shape index (κ2) is 11.4. The van der Waals surface area contributed by atoms with Crippen LogP contribution in [-0.4, -0.2) is 40.4 Å². The molecule has 6 nitrogen and oxygen atoms in total. The number of nitrogens with one attached hydrogen (secondary N) is 2. The quantitative estimate of drug-likeness (QED) is 0.373. The van der Waals surface area contributed by atoms with Crippen molar-refractivity contribution >= 4 is 29.9 Å². The van der Waals surface area contributed by atoms with Gasteiger partial charge in [-0.3, -0.25) is 4.99 Å². The highest BCUT2D eigenvalue weighted by Gasteiger charge is 2.19. The highest BCUT2D eigenvalue weighted by Crippen LogP contribution is 2.33. The van der Waals surface area contributed by atoms with Gasteiger partial charge in [0.25, 0.3) is 0 Å². The molecule has 148 valence electrons. The summed E-state index contributed by atoms with van der Waals surface area (Å²) in [4.78, 5) is 4.35. The lowest BCUT2D eigenvalue weighted by molar-refractivity contribution is 0.329. The third kappa shape index (κ3) is 6.10. The van der Waals surface area contributed by atoms with Crippen LogP contribution in [0.15, 0.2) is 17.1 Å². The maximum Gasteiger partial charge on any atom is 0.191 e. The molecule has 0 saturated heterocycles. The van der Waals surface area contributed by atoms with Crippen LogP contribution in [0.25, 0.3) is 0 Å². The summed E-state index contributed by atoms with van der Waals surface area (Å²) in [7, 11) is 6.72. The molecule has 0 amide bonds. The molecule has 0 aliphatic heterocycles. The van der Waals surface area contributed by atoms with Crippen molar-refractivity contribution in [2.24, 2.45) is 10.9 Å². The van der Waals surface area contributed by atoms with E-state index in [0.717, 1.165) is 28.9 Å². The smallest absolute Gasteiger partial charge is 0.191 e. The zero-order valence-electron chi connectivity index (χ0n) is 16.4. The Morgan fingerprint density at radius 2 is 1.62 bits per heavy atom. The largest absolute Gasteiger partial charge is 0.496 e. The number of methoxy groups -OCH3 is 3. The maximum atomic E-state index is 5.50. The Morgan fingerprint density at radius 3 is 2.08 bits per heavy atom. The van der Waals surface area contributed by atoms with Crippen molar-refractivity contribution in [3.63, 3.8) is 0 Å². The molecular formula is C19H32IN3O3. The summed E-state index contributed by atoms with van der Waals surface area (Å²) in [6.07, 6.45) is 4.93. The minimum Gasteiger partial charge on any atom is -0.496 e. The monoisotopic (exact) mass is 477 g/mol. The molecule has 1 aliphatic carbocycles. The first kappa shape index (κ1) is 22.7. The van der Waals surface area contributed by atoms with Crippen molar-refractivity contribution in [1.29, 1.82) is 0 Å². The average Bonchev–Trinajstić information content (AvgIpc) is 2.65. The van der Waals surface area contributed by atoms with E-state index in [9.17, 15) is 0 Å². The second-order valence-electron chi connectivity index (χ2n) is 6.54. The van der Waals surface area contributed by atoms with Crippen LogP contribution in [0.3, 0.4) is 0 Å². The Labute approximate surface area is 174 Å². The molecule has 1 saturated carbocycles. The summed E-state index contributed by atoms with van der Waals surface area (Å²) < 4.78 is 16.3. The standard InChI is InChI=1S/C19H31N3O3.HI/c1-13-6-8-14(9-7-13)22-19(20-2)21-12-16-17(24-4)10-15(23-3)11-18(16)25-5;/h10-11,13-14H,6-9,12H2,1-5H3,(H2,20,21,22);1H. The Hall–Kier alpha value is -1.38.